The number of carbonyl (C=O) groups excluding carboxylic acids is 1. The quantitative estimate of drug-likeness (QED) is 0.765. The molecule has 0 aromatic heterocycles. The lowest BCUT2D eigenvalue weighted by atomic mass is 9.83. The fourth-order valence-corrected chi connectivity index (χ4v) is 3.58. The maximum absolute atomic E-state index is 12.8. The van der Waals surface area contributed by atoms with Crippen molar-refractivity contribution < 1.29 is 4.79 Å². The Balaban J connectivity index is 2.01. The van der Waals surface area contributed by atoms with Crippen LogP contribution < -0.4 is 5.32 Å². The molecule has 2 heteroatoms. The Hall–Kier alpha value is -2.87. The van der Waals surface area contributed by atoms with Crippen LogP contribution in [-0.2, 0) is 10.3 Å². The van der Waals surface area contributed by atoms with Crippen molar-refractivity contribution in [1.82, 2.24) is 0 Å². The van der Waals surface area contributed by atoms with Crippen LogP contribution >= 0.6 is 0 Å². The molecule has 0 bridgehead atoms. The number of ketones is 1. The fraction of sp³-hybridized carbons (Fsp3) is 0.0952. The van der Waals surface area contributed by atoms with Crippen molar-refractivity contribution in [3.05, 3.63) is 90.0 Å². The van der Waals surface area contributed by atoms with Crippen molar-refractivity contribution in [3.63, 3.8) is 0 Å². The fourth-order valence-electron chi connectivity index (χ4n) is 3.58. The van der Waals surface area contributed by atoms with Gasteiger partial charge < -0.3 is 5.32 Å². The molecule has 0 radical (unpaired) electrons. The Morgan fingerprint density at radius 2 is 1.22 bits per heavy atom. The van der Waals surface area contributed by atoms with Crippen LogP contribution in [0.5, 0.6) is 0 Å². The summed E-state index contributed by atoms with van der Waals surface area (Å²) in [5, 5.41) is 3.52. The molecule has 0 saturated carbocycles. The minimum atomic E-state index is -0.825. The van der Waals surface area contributed by atoms with Gasteiger partial charge in [-0.2, -0.15) is 0 Å². The number of nitrogens with one attached hydrogen (secondary N) is 1. The summed E-state index contributed by atoms with van der Waals surface area (Å²) in [6, 6.07) is 26.2. The smallest absolute Gasteiger partial charge is 0.164 e. The maximum atomic E-state index is 12.8. The van der Waals surface area contributed by atoms with E-state index in [4.69, 9.17) is 0 Å². The lowest BCUT2D eigenvalue weighted by Crippen LogP contribution is -2.41. The molecular weight excluding hydrogens is 282 g/mol. The topological polar surface area (TPSA) is 29.1 Å². The first-order chi connectivity index (χ1) is 11.2. The van der Waals surface area contributed by atoms with Gasteiger partial charge in [-0.25, -0.2) is 0 Å². The van der Waals surface area contributed by atoms with E-state index >= 15 is 0 Å². The van der Waals surface area contributed by atoms with Crippen LogP contribution in [-0.4, -0.2) is 5.78 Å². The van der Waals surface area contributed by atoms with Gasteiger partial charge in [-0.1, -0.05) is 66.7 Å². The lowest BCUT2D eigenvalue weighted by molar-refractivity contribution is -0.120. The zero-order valence-corrected chi connectivity index (χ0v) is 12.9. The molecule has 0 amide bonds. The first-order valence-corrected chi connectivity index (χ1v) is 7.77. The Morgan fingerprint density at radius 1 is 0.739 bits per heavy atom. The van der Waals surface area contributed by atoms with Crippen LogP contribution in [0.3, 0.4) is 0 Å². The normalized spacial score (nSPS) is 14.0. The molecule has 0 spiro atoms. The van der Waals surface area contributed by atoms with Crippen molar-refractivity contribution in [2.45, 2.75) is 12.5 Å². The molecule has 112 valence electrons. The number of rotatable bonds is 3. The average molecular weight is 299 g/mol. The molecular formula is C21H17NO. The molecule has 4 rings (SSSR count). The second-order valence-electron chi connectivity index (χ2n) is 5.89. The molecule has 0 fully saturated rings. The highest BCUT2D eigenvalue weighted by molar-refractivity contribution is 6.02. The van der Waals surface area contributed by atoms with E-state index in [1.165, 1.54) is 0 Å². The van der Waals surface area contributed by atoms with Crippen molar-refractivity contribution >= 4 is 11.5 Å². The van der Waals surface area contributed by atoms with E-state index in [1.807, 2.05) is 66.7 Å². The van der Waals surface area contributed by atoms with Gasteiger partial charge in [0.2, 0.25) is 0 Å². The number of hydrogen-bond donors (Lipinski definition) is 1. The van der Waals surface area contributed by atoms with Crippen LogP contribution in [0.4, 0.5) is 5.69 Å². The van der Waals surface area contributed by atoms with Gasteiger partial charge in [0.15, 0.2) is 5.78 Å². The third-order valence-electron chi connectivity index (χ3n) is 4.59. The van der Waals surface area contributed by atoms with Crippen LogP contribution in [0.15, 0.2) is 78.9 Å². The van der Waals surface area contributed by atoms with Gasteiger partial charge in [0, 0.05) is 5.69 Å². The summed E-state index contributed by atoms with van der Waals surface area (Å²) in [5.41, 5.74) is 4.42. The number of benzene rings is 3. The standard InChI is InChI=1S/C21H17NO/c1-15(23)21(22-16-9-3-2-4-10-16)19-13-7-5-11-17(19)18-12-6-8-14-20(18)21/h2-14,22H,1H3. The summed E-state index contributed by atoms with van der Waals surface area (Å²) in [4.78, 5) is 12.8. The zero-order chi connectivity index (χ0) is 15.9. The van der Waals surface area contributed by atoms with E-state index in [0.29, 0.717) is 0 Å². The molecule has 0 atom stereocenters. The highest BCUT2D eigenvalue weighted by Crippen LogP contribution is 2.49. The third kappa shape index (κ3) is 1.92. The molecule has 3 aromatic carbocycles. The summed E-state index contributed by atoms with van der Waals surface area (Å²) in [6.45, 7) is 1.66. The molecule has 1 aliphatic carbocycles. The van der Waals surface area contributed by atoms with Gasteiger partial charge in [-0.15, -0.1) is 0 Å². The summed E-state index contributed by atoms with van der Waals surface area (Å²) in [5.74, 6) is 0.0961. The highest BCUT2D eigenvalue weighted by Gasteiger charge is 2.46. The highest BCUT2D eigenvalue weighted by atomic mass is 16.1. The van der Waals surface area contributed by atoms with E-state index in [1.54, 1.807) is 6.92 Å². The maximum Gasteiger partial charge on any atom is 0.164 e. The molecule has 1 N–H and O–H groups in total. The Bertz CT molecular complexity index is 838. The van der Waals surface area contributed by atoms with E-state index in [9.17, 15) is 4.79 Å². The minimum absolute atomic E-state index is 0.0961. The molecule has 3 aromatic rings. The summed E-state index contributed by atoms with van der Waals surface area (Å²) >= 11 is 0. The van der Waals surface area contributed by atoms with Crippen molar-refractivity contribution in [3.8, 4) is 11.1 Å². The van der Waals surface area contributed by atoms with Crippen LogP contribution in [0.2, 0.25) is 0 Å². The number of para-hydroxylation sites is 1. The second kappa shape index (κ2) is 5.10. The largest absolute Gasteiger partial charge is 0.366 e. The summed E-state index contributed by atoms with van der Waals surface area (Å²) in [6.07, 6.45) is 0. The minimum Gasteiger partial charge on any atom is -0.366 e. The molecule has 0 unspecified atom stereocenters. The lowest BCUT2D eigenvalue weighted by Gasteiger charge is -2.31. The monoisotopic (exact) mass is 299 g/mol. The van der Waals surface area contributed by atoms with Crippen molar-refractivity contribution in [2.75, 3.05) is 5.32 Å². The Morgan fingerprint density at radius 3 is 1.74 bits per heavy atom. The van der Waals surface area contributed by atoms with Crippen LogP contribution in [0.25, 0.3) is 11.1 Å². The molecule has 23 heavy (non-hydrogen) atoms. The number of Topliss-reactive ketones (excluding diaryl/α,β-unsaturated/α-hetero) is 1. The van der Waals surface area contributed by atoms with Crippen molar-refractivity contribution in [1.29, 1.82) is 0 Å². The van der Waals surface area contributed by atoms with Gasteiger partial charge in [-0.3, -0.25) is 4.79 Å². The van der Waals surface area contributed by atoms with Crippen LogP contribution in [0, 0.1) is 0 Å². The number of hydrogen-bond acceptors (Lipinski definition) is 2. The predicted octanol–water partition coefficient (Wildman–Crippen LogP) is 4.61. The van der Waals surface area contributed by atoms with E-state index in [0.717, 1.165) is 27.9 Å². The van der Waals surface area contributed by atoms with Gasteiger partial charge in [-0.05, 0) is 41.3 Å². The summed E-state index contributed by atoms with van der Waals surface area (Å²) in [7, 11) is 0. The first-order valence-electron chi connectivity index (χ1n) is 7.77. The molecule has 0 aliphatic heterocycles. The third-order valence-corrected chi connectivity index (χ3v) is 4.59. The van der Waals surface area contributed by atoms with E-state index in [-0.39, 0.29) is 5.78 Å². The number of anilines is 1. The zero-order valence-electron chi connectivity index (χ0n) is 12.9. The SMILES string of the molecule is CC(=O)C1(Nc2ccccc2)c2ccccc2-c2ccccc21. The van der Waals surface area contributed by atoms with E-state index in [2.05, 4.69) is 17.4 Å². The number of carbonyl (C=O) groups is 1. The molecule has 0 saturated heterocycles. The first kappa shape index (κ1) is 13.8. The van der Waals surface area contributed by atoms with Gasteiger partial charge in [0.1, 0.15) is 5.54 Å². The Labute approximate surface area is 135 Å². The number of fused-ring (bicyclic) bond motifs is 3. The van der Waals surface area contributed by atoms with Gasteiger partial charge in [0.25, 0.3) is 0 Å². The summed E-state index contributed by atoms with van der Waals surface area (Å²) < 4.78 is 0. The van der Waals surface area contributed by atoms with Gasteiger partial charge >= 0.3 is 0 Å². The predicted molar refractivity (Wildman–Crippen MR) is 93.4 cm³/mol. The Kier molecular flexibility index (Phi) is 3.05. The molecule has 1 aliphatic rings. The second-order valence-corrected chi connectivity index (χ2v) is 5.89. The molecule has 2 nitrogen and oxygen atoms in total. The van der Waals surface area contributed by atoms with Crippen LogP contribution in [0.1, 0.15) is 18.1 Å². The van der Waals surface area contributed by atoms with Crippen molar-refractivity contribution in [2.24, 2.45) is 0 Å². The van der Waals surface area contributed by atoms with E-state index < -0.39 is 5.54 Å². The average Bonchev–Trinajstić information content (AvgIpc) is 2.88. The van der Waals surface area contributed by atoms with Gasteiger partial charge in [0.05, 0.1) is 0 Å². The molecule has 0 heterocycles.